The molecule has 106 valence electrons. The second-order valence-electron chi connectivity index (χ2n) is 4.07. The fourth-order valence-corrected chi connectivity index (χ4v) is 2.30. The minimum atomic E-state index is -0.170. The molecule has 0 aliphatic heterocycles. The monoisotopic (exact) mass is 282 g/mol. The van der Waals surface area contributed by atoms with Crippen LogP contribution >= 0.6 is 11.8 Å². The van der Waals surface area contributed by atoms with Crippen molar-refractivity contribution in [3.05, 3.63) is 29.8 Å². The average molecular weight is 282 g/mol. The number of hydrogen-bond donors (Lipinski definition) is 2. The lowest BCUT2D eigenvalue weighted by Crippen LogP contribution is -2.36. The number of amides is 2. The highest BCUT2D eigenvalue weighted by Gasteiger charge is 2.10. The fraction of sp³-hybridized carbons (Fsp3) is 0.500. The first-order valence-electron chi connectivity index (χ1n) is 6.54. The summed E-state index contributed by atoms with van der Waals surface area (Å²) in [5.74, 6) is 2.03. The number of anilines is 1. The van der Waals surface area contributed by atoms with Gasteiger partial charge in [-0.25, -0.2) is 4.79 Å². The van der Waals surface area contributed by atoms with Crippen LogP contribution in [-0.2, 0) is 5.75 Å². The highest BCUT2D eigenvalue weighted by atomic mass is 32.2. The summed E-state index contributed by atoms with van der Waals surface area (Å²) in [6, 6.07) is 7.71. The number of rotatable bonds is 7. The van der Waals surface area contributed by atoms with Crippen LogP contribution in [0.5, 0.6) is 0 Å². The normalized spacial score (nSPS) is 10.3. The quantitative estimate of drug-likeness (QED) is 0.808. The molecule has 0 aliphatic carbocycles. The van der Waals surface area contributed by atoms with E-state index >= 15 is 0 Å². The second kappa shape index (κ2) is 8.82. The number of carbonyl (C=O) groups excluding carboxylic acids is 1. The summed E-state index contributed by atoms with van der Waals surface area (Å²) in [5.41, 5.74) is 2.01. The van der Waals surface area contributed by atoms with Crippen LogP contribution in [0, 0.1) is 0 Å². The number of hydrogen-bond acceptors (Lipinski definition) is 3. The van der Waals surface area contributed by atoms with Gasteiger partial charge >= 0.3 is 6.03 Å². The molecule has 19 heavy (non-hydrogen) atoms. The zero-order chi connectivity index (χ0) is 14.1. The van der Waals surface area contributed by atoms with E-state index in [1.54, 1.807) is 4.90 Å². The molecular formula is C14H22N2O2S. The molecular weight excluding hydrogens is 260 g/mol. The molecule has 5 heteroatoms. The van der Waals surface area contributed by atoms with Crippen molar-refractivity contribution in [1.29, 1.82) is 0 Å². The van der Waals surface area contributed by atoms with Gasteiger partial charge in [0.1, 0.15) is 0 Å². The van der Waals surface area contributed by atoms with Crippen LogP contribution in [0.2, 0.25) is 0 Å². The summed E-state index contributed by atoms with van der Waals surface area (Å²) in [5, 5.41) is 11.8. The lowest BCUT2D eigenvalue weighted by Gasteiger charge is -2.20. The Balaban J connectivity index is 2.62. The fourth-order valence-electron chi connectivity index (χ4n) is 1.69. The van der Waals surface area contributed by atoms with Crippen molar-refractivity contribution in [2.24, 2.45) is 0 Å². The number of likely N-dealkylation sites (N-methyl/N-ethyl adjacent to an activating group) is 1. The summed E-state index contributed by atoms with van der Waals surface area (Å²) in [7, 11) is 0. The third-order valence-electron chi connectivity index (χ3n) is 2.69. The highest BCUT2D eigenvalue weighted by Crippen LogP contribution is 2.16. The van der Waals surface area contributed by atoms with E-state index in [4.69, 9.17) is 5.11 Å². The molecule has 2 amide bonds. The maximum absolute atomic E-state index is 12.0. The van der Waals surface area contributed by atoms with Gasteiger partial charge in [-0.1, -0.05) is 19.1 Å². The van der Waals surface area contributed by atoms with Crippen molar-refractivity contribution < 1.29 is 9.90 Å². The van der Waals surface area contributed by atoms with E-state index in [9.17, 15) is 4.79 Å². The maximum Gasteiger partial charge on any atom is 0.321 e. The van der Waals surface area contributed by atoms with E-state index < -0.39 is 0 Å². The van der Waals surface area contributed by atoms with Crippen molar-refractivity contribution in [2.45, 2.75) is 19.6 Å². The van der Waals surface area contributed by atoms with Crippen LogP contribution in [-0.4, -0.2) is 41.5 Å². The molecule has 0 aromatic heterocycles. The van der Waals surface area contributed by atoms with E-state index in [1.807, 2.05) is 36.9 Å². The topological polar surface area (TPSA) is 52.6 Å². The second-order valence-corrected chi connectivity index (χ2v) is 5.35. The van der Waals surface area contributed by atoms with Crippen LogP contribution in [0.25, 0.3) is 0 Å². The number of benzene rings is 1. The first-order valence-corrected chi connectivity index (χ1v) is 7.70. The Bertz CT molecular complexity index is 399. The number of carbonyl (C=O) groups is 1. The SMILES string of the molecule is CCSCc1cccc(NC(=O)N(CC)CCO)c1. The van der Waals surface area contributed by atoms with Gasteiger partial charge in [-0.2, -0.15) is 11.8 Å². The van der Waals surface area contributed by atoms with Crippen molar-refractivity contribution in [2.75, 3.05) is 30.8 Å². The molecule has 0 fully saturated rings. The van der Waals surface area contributed by atoms with Crippen molar-refractivity contribution in [3.63, 3.8) is 0 Å². The van der Waals surface area contributed by atoms with Crippen LogP contribution in [0.1, 0.15) is 19.4 Å². The Morgan fingerprint density at radius 3 is 2.84 bits per heavy atom. The molecule has 0 heterocycles. The Kier molecular flexibility index (Phi) is 7.36. The molecule has 0 saturated carbocycles. The van der Waals surface area contributed by atoms with Crippen molar-refractivity contribution >= 4 is 23.5 Å². The van der Waals surface area contributed by atoms with Gasteiger partial charge in [0, 0.05) is 24.5 Å². The summed E-state index contributed by atoms with van der Waals surface area (Å²) in [6.07, 6.45) is 0. The van der Waals surface area contributed by atoms with Gasteiger partial charge in [-0.3, -0.25) is 0 Å². The number of aliphatic hydroxyl groups is 1. The molecule has 0 aliphatic rings. The van der Waals surface area contributed by atoms with E-state index in [0.29, 0.717) is 13.1 Å². The van der Waals surface area contributed by atoms with Crippen LogP contribution < -0.4 is 5.32 Å². The van der Waals surface area contributed by atoms with E-state index in [2.05, 4.69) is 18.3 Å². The Morgan fingerprint density at radius 2 is 2.21 bits per heavy atom. The Hall–Kier alpha value is -1.20. The molecule has 1 aromatic carbocycles. The first kappa shape index (κ1) is 15.9. The largest absolute Gasteiger partial charge is 0.395 e. The number of nitrogens with zero attached hydrogens (tertiary/aromatic N) is 1. The zero-order valence-corrected chi connectivity index (χ0v) is 12.4. The first-order chi connectivity index (χ1) is 9.21. The standard InChI is InChI=1S/C14H22N2O2S/c1-3-16(8-9-17)14(18)15-13-7-5-6-12(10-13)11-19-4-2/h5-7,10,17H,3-4,8-9,11H2,1-2H3,(H,15,18). The van der Waals surface area contributed by atoms with E-state index in [0.717, 1.165) is 17.2 Å². The predicted molar refractivity (Wildman–Crippen MR) is 81.6 cm³/mol. The van der Waals surface area contributed by atoms with Gasteiger partial charge in [0.25, 0.3) is 0 Å². The van der Waals surface area contributed by atoms with E-state index in [1.165, 1.54) is 5.56 Å². The van der Waals surface area contributed by atoms with Crippen LogP contribution in [0.4, 0.5) is 10.5 Å². The van der Waals surface area contributed by atoms with Crippen molar-refractivity contribution in [3.8, 4) is 0 Å². The molecule has 0 spiro atoms. The number of thioether (sulfide) groups is 1. The molecule has 1 rings (SSSR count). The summed E-state index contributed by atoms with van der Waals surface area (Å²) in [6.45, 7) is 4.94. The molecule has 0 atom stereocenters. The summed E-state index contributed by atoms with van der Waals surface area (Å²) < 4.78 is 0. The molecule has 0 saturated heterocycles. The van der Waals surface area contributed by atoms with Gasteiger partial charge in [-0.05, 0) is 30.4 Å². The zero-order valence-electron chi connectivity index (χ0n) is 11.6. The molecule has 1 aromatic rings. The molecule has 2 N–H and O–H groups in total. The smallest absolute Gasteiger partial charge is 0.321 e. The highest BCUT2D eigenvalue weighted by molar-refractivity contribution is 7.98. The molecule has 4 nitrogen and oxygen atoms in total. The third kappa shape index (κ3) is 5.53. The predicted octanol–water partition coefficient (Wildman–Crippen LogP) is 2.79. The van der Waals surface area contributed by atoms with E-state index in [-0.39, 0.29) is 12.6 Å². The number of urea groups is 1. The Morgan fingerprint density at radius 1 is 1.42 bits per heavy atom. The lowest BCUT2D eigenvalue weighted by molar-refractivity contribution is 0.192. The number of nitrogens with one attached hydrogen (secondary N) is 1. The lowest BCUT2D eigenvalue weighted by atomic mass is 10.2. The van der Waals surface area contributed by atoms with Gasteiger partial charge in [-0.15, -0.1) is 0 Å². The van der Waals surface area contributed by atoms with Gasteiger partial charge in [0.05, 0.1) is 6.61 Å². The van der Waals surface area contributed by atoms with Crippen molar-refractivity contribution in [1.82, 2.24) is 4.90 Å². The molecule has 0 radical (unpaired) electrons. The molecule has 0 bridgehead atoms. The maximum atomic E-state index is 12.0. The van der Waals surface area contributed by atoms with Gasteiger partial charge < -0.3 is 15.3 Å². The van der Waals surface area contributed by atoms with Gasteiger partial charge in [0.15, 0.2) is 0 Å². The third-order valence-corrected chi connectivity index (χ3v) is 3.64. The Labute approximate surface area is 119 Å². The minimum Gasteiger partial charge on any atom is -0.395 e. The van der Waals surface area contributed by atoms with Gasteiger partial charge in [0.2, 0.25) is 0 Å². The number of aliphatic hydroxyl groups excluding tert-OH is 1. The minimum absolute atomic E-state index is 0.0194. The summed E-state index contributed by atoms with van der Waals surface area (Å²) in [4.78, 5) is 13.5. The molecule has 0 unspecified atom stereocenters. The summed E-state index contributed by atoms with van der Waals surface area (Å²) >= 11 is 1.85. The average Bonchev–Trinajstić information content (AvgIpc) is 2.42. The van der Waals surface area contributed by atoms with Crippen LogP contribution in [0.15, 0.2) is 24.3 Å². The van der Waals surface area contributed by atoms with Crippen LogP contribution in [0.3, 0.4) is 0 Å².